The van der Waals surface area contributed by atoms with Gasteiger partial charge in [0.05, 0.1) is 12.3 Å². The Hall–Kier alpha value is -1.02. The van der Waals surface area contributed by atoms with Gasteiger partial charge in [-0.05, 0) is 5.92 Å². The van der Waals surface area contributed by atoms with Crippen LogP contribution in [0.15, 0.2) is 0 Å². The lowest BCUT2D eigenvalue weighted by atomic mass is 10.3. The molecule has 0 aromatic carbocycles. The van der Waals surface area contributed by atoms with Crippen molar-refractivity contribution in [2.45, 2.75) is 20.4 Å². The summed E-state index contributed by atoms with van der Waals surface area (Å²) in [4.78, 5) is 0. The zero-order chi connectivity index (χ0) is 10.6. The molecular formula is C6H13N5O2S. The number of hydrogen-bond donors (Lipinski definition) is 2. The standard InChI is InChI=1S/C6H13N5O2S/c1-5(2)4-14(12,13)7-3-6-8-10-11-9-6/h5,7H,3-4H2,1-2H3,(H,8,9,10,11). The molecule has 7 nitrogen and oxygen atoms in total. The van der Waals surface area contributed by atoms with Gasteiger partial charge in [0, 0.05) is 0 Å². The number of H-pyrrole nitrogens is 1. The van der Waals surface area contributed by atoms with Crippen molar-refractivity contribution in [3.05, 3.63) is 5.82 Å². The third kappa shape index (κ3) is 3.79. The fraction of sp³-hybridized carbons (Fsp3) is 0.833. The largest absolute Gasteiger partial charge is 0.212 e. The lowest BCUT2D eigenvalue weighted by molar-refractivity contribution is 0.566. The first-order valence-corrected chi connectivity index (χ1v) is 5.84. The second-order valence-corrected chi connectivity index (χ2v) is 5.18. The van der Waals surface area contributed by atoms with Crippen molar-refractivity contribution in [2.24, 2.45) is 5.92 Å². The maximum absolute atomic E-state index is 11.3. The minimum absolute atomic E-state index is 0.0750. The normalized spacial score (nSPS) is 12.2. The molecule has 0 bridgehead atoms. The van der Waals surface area contributed by atoms with E-state index in [0.29, 0.717) is 5.82 Å². The molecule has 1 aromatic heterocycles. The molecule has 14 heavy (non-hydrogen) atoms. The Morgan fingerprint density at radius 2 is 2.21 bits per heavy atom. The Labute approximate surface area is 82.3 Å². The third-order valence-corrected chi connectivity index (χ3v) is 3.08. The number of tetrazole rings is 1. The van der Waals surface area contributed by atoms with Crippen LogP contribution >= 0.6 is 0 Å². The lowest BCUT2D eigenvalue weighted by Crippen LogP contribution is -2.28. The lowest BCUT2D eigenvalue weighted by Gasteiger charge is -2.06. The molecule has 80 valence electrons. The molecule has 0 aliphatic rings. The zero-order valence-electron chi connectivity index (χ0n) is 8.06. The highest BCUT2D eigenvalue weighted by Crippen LogP contribution is 1.98. The summed E-state index contributed by atoms with van der Waals surface area (Å²) in [5.41, 5.74) is 0. The van der Waals surface area contributed by atoms with Crippen molar-refractivity contribution in [2.75, 3.05) is 5.75 Å². The monoisotopic (exact) mass is 219 g/mol. The van der Waals surface area contributed by atoms with E-state index in [9.17, 15) is 8.42 Å². The molecule has 0 aliphatic carbocycles. The van der Waals surface area contributed by atoms with Crippen LogP contribution in [0, 0.1) is 5.92 Å². The van der Waals surface area contributed by atoms with Gasteiger partial charge in [-0.15, -0.1) is 10.2 Å². The molecular weight excluding hydrogens is 206 g/mol. The fourth-order valence-corrected chi connectivity index (χ4v) is 2.27. The van der Waals surface area contributed by atoms with Crippen molar-refractivity contribution in [3.8, 4) is 0 Å². The average Bonchev–Trinajstić information content (AvgIpc) is 2.50. The highest BCUT2D eigenvalue weighted by Gasteiger charge is 2.13. The number of hydrogen-bond acceptors (Lipinski definition) is 5. The van der Waals surface area contributed by atoms with Crippen molar-refractivity contribution in [1.82, 2.24) is 25.3 Å². The molecule has 1 rings (SSSR count). The predicted molar refractivity (Wildman–Crippen MR) is 49.6 cm³/mol. The van der Waals surface area contributed by atoms with Crippen LogP contribution < -0.4 is 4.72 Å². The molecule has 8 heteroatoms. The quantitative estimate of drug-likeness (QED) is 0.680. The predicted octanol–water partition coefficient (Wildman–Crippen LogP) is -0.725. The van der Waals surface area contributed by atoms with Gasteiger partial charge in [0.2, 0.25) is 10.0 Å². The molecule has 0 radical (unpaired) electrons. The third-order valence-electron chi connectivity index (χ3n) is 1.39. The van der Waals surface area contributed by atoms with Crippen LogP contribution in [-0.2, 0) is 16.6 Å². The van der Waals surface area contributed by atoms with Gasteiger partial charge < -0.3 is 0 Å². The van der Waals surface area contributed by atoms with E-state index >= 15 is 0 Å². The molecule has 0 amide bonds. The van der Waals surface area contributed by atoms with Crippen LogP contribution in [0.3, 0.4) is 0 Å². The maximum Gasteiger partial charge on any atom is 0.212 e. The van der Waals surface area contributed by atoms with E-state index < -0.39 is 10.0 Å². The van der Waals surface area contributed by atoms with E-state index in [-0.39, 0.29) is 18.2 Å². The molecule has 1 aromatic rings. The van der Waals surface area contributed by atoms with E-state index in [1.807, 2.05) is 13.8 Å². The van der Waals surface area contributed by atoms with Crippen LogP contribution in [-0.4, -0.2) is 34.8 Å². The minimum Gasteiger partial charge on any atom is -0.212 e. The number of aromatic nitrogens is 4. The van der Waals surface area contributed by atoms with Crippen molar-refractivity contribution in [1.29, 1.82) is 0 Å². The van der Waals surface area contributed by atoms with Crippen LogP contribution in [0.1, 0.15) is 19.7 Å². The molecule has 1 heterocycles. The molecule has 0 atom stereocenters. The number of sulfonamides is 1. The number of rotatable bonds is 5. The molecule has 0 saturated heterocycles. The van der Waals surface area contributed by atoms with Crippen LogP contribution in [0.4, 0.5) is 0 Å². The first-order chi connectivity index (χ1) is 6.49. The number of nitrogens with one attached hydrogen (secondary N) is 2. The van der Waals surface area contributed by atoms with E-state index in [2.05, 4.69) is 25.3 Å². The molecule has 0 spiro atoms. The van der Waals surface area contributed by atoms with Crippen molar-refractivity contribution in [3.63, 3.8) is 0 Å². The Bertz CT molecular complexity index is 358. The fourth-order valence-electron chi connectivity index (χ4n) is 0.930. The summed E-state index contributed by atoms with van der Waals surface area (Å²) >= 11 is 0. The topological polar surface area (TPSA) is 101 Å². The Morgan fingerprint density at radius 3 is 2.71 bits per heavy atom. The van der Waals surface area contributed by atoms with Gasteiger partial charge in [-0.1, -0.05) is 19.1 Å². The summed E-state index contributed by atoms with van der Waals surface area (Å²) in [6.45, 7) is 3.76. The summed E-state index contributed by atoms with van der Waals surface area (Å²) in [6, 6.07) is 0. The smallest absolute Gasteiger partial charge is 0.212 e. The number of nitrogens with zero attached hydrogens (tertiary/aromatic N) is 3. The van der Waals surface area contributed by atoms with Crippen molar-refractivity contribution < 1.29 is 8.42 Å². The Balaban J connectivity index is 2.45. The van der Waals surface area contributed by atoms with Gasteiger partial charge in [-0.3, -0.25) is 0 Å². The summed E-state index contributed by atoms with van der Waals surface area (Å²) in [6.07, 6.45) is 0. The molecule has 0 saturated carbocycles. The SMILES string of the molecule is CC(C)CS(=O)(=O)NCc1nn[nH]n1. The summed E-state index contributed by atoms with van der Waals surface area (Å²) in [5.74, 6) is 0.528. The van der Waals surface area contributed by atoms with E-state index in [1.165, 1.54) is 0 Å². The number of aromatic amines is 1. The highest BCUT2D eigenvalue weighted by molar-refractivity contribution is 7.89. The maximum atomic E-state index is 11.3. The van der Waals surface area contributed by atoms with Gasteiger partial charge >= 0.3 is 0 Å². The van der Waals surface area contributed by atoms with E-state index in [1.54, 1.807) is 0 Å². The Morgan fingerprint density at radius 1 is 1.50 bits per heavy atom. The van der Waals surface area contributed by atoms with E-state index in [4.69, 9.17) is 0 Å². The van der Waals surface area contributed by atoms with E-state index in [0.717, 1.165) is 0 Å². The molecule has 0 fully saturated rings. The molecule has 0 aliphatic heterocycles. The van der Waals surface area contributed by atoms with Crippen LogP contribution in [0.5, 0.6) is 0 Å². The van der Waals surface area contributed by atoms with Gasteiger partial charge in [-0.2, -0.15) is 5.21 Å². The van der Waals surface area contributed by atoms with Crippen LogP contribution in [0.2, 0.25) is 0 Å². The second kappa shape index (κ2) is 4.47. The van der Waals surface area contributed by atoms with Gasteiger partial charge in [0.1, 0.15) is 0 Å². The Kier molecular flexibility index (Phi) is 3.53. The first-order valence-electron chi connectivity index (χ1n) is 4.19. The van der Waals surface area contributed by atoms with Gasteiger partial charge in [0.15, 0.2) is 5.82 Å². The highest BCUT2D eigenvalue weighted by atomic mass is 32.2. The van der Waals surface area contributed by atoms with Gasteiger partial charge in [0.25, 0.3) is 0 Å². The van der Waals surface area contributed by atoms with Crippen molar-refractivity contribution >= 4 is 10.0 Å². The summed E-state index contributed by atoms with van der Waals surface area (Å²) in [7, 11) is -3.23. The average molecular weight is 219 g/mol. The van der Waals surface area contributed by atoms with Crippen LogP contribution in [0.25, 0.3) is 0 Å². The summed E-state index contributed by atoms with van der Waals surface area (Å²) < 4.78 is 25.1. The molecule has 2 N–H and O–H groups in total. The zero-order valence-corrected chi connectivity index (χ0v) is 8.87. The minimum atomic E-state index is -3.23. The second-order valence-electron chi connectivity index (χ2n) is 3.32. The summed E-state index contributed by atoms with van der Waals surface area (Å²) in [5, 5.41) is 12.8. The van der Waals surface area contributed by atoms with Gasteiger partial charge in [-0.25, -0.2) is 13.1 Å². The first kappa shape index (κ1) is 11.1. The molecule has 0 unspecified atom stereocenters.